The van der Waals surface area contributed by atoms with Crippen LogP contribution in [0.3, 0.4) is 0 Å². The molecule has 0 aliphatic heterocycles. The van der Waals surface area contributed by atoms with Gasteiger partial charge in [0.25, 0.3) is 0 Å². The number of carbonyl (C=O) groups is 1. The summed E-state index contributed by atoms with van der Waals surface area (Å²) in [6.45, 7) is 2.11. The summed E-state index contributed by atoms with van der Waals surface area (Å²) in [5, 5.41) is 8.85. The predicted molar refractivity (Wildman–Crippen MR) is 54.3 cm³/mol. The SMILES string of the molecule is CCc1ccccc1[C@H]1C[C@H]1C(=O)O. The van der Waals surface area contributed by atoms with E-state index < -0.39 is 5.97 Å². The molecule has 0 spiro atoms. The van der Waals surface area contributed by atoms with Gasteiger partial charge in [-0.3, -0.25) is 4.79 Å². The first-order chi connectivity index (χ1) is 6.74. The van der Waals surface area contributed by atoms with Crippen LogP contribution in [0.4, 0.5) is 0 Å². The van der Waals surface area contributed by atoms with Gasteiger partial charge in [-0.05, 0) is 29.9 Å². The highest BCUT2D eigenvalue weighted by atomic mass is 16.4. The van der Waals surface area contributed by atoms with Crippen molar-refractivity contribution in [3.8, 4) is 0 Å². The fourth-order valence-electron chi connectivity index (χ4n) is 2.03. The molecule has 1 aromatic carbocycles. The molecule has 74 valence electrons. The molecule has 1 aliphatic carbocycles. The Bertz CT molecular complexity index is 357. The summed E-state index contributed by atoms with van der Waals surface area (Å²) in [5.41, 5.74) is 2.53. The van der Waals surface area contributed by atoms with Crippen LogP contribution in [0.25, 0.3) is 0 Å². The number of rotatable bonds is 3. The Labute approximate surface area is 83.6 Å². The molecule has 0 aromatic heterocycles. The van der Waals surface area contributed by atoms with Gasteiger partial charge in [-0.1, -0.05) is 31.2 Å². The number of aryl methyl sites for hydroxylation is 1. The van der Waals surface area contributed by atoms with Crippen LogP contribution >= 0.6 is 0 Å². The standard InChI is InChI=1S/C12H14O2/c1-2-8-5-3-4-6-9(8)10-7-11(10)12(13)14/h3-6,10-11H,2,7H2,1H3,(H,13,14)/t10-,11-/m1/s1. The summed E-state index contributed by atoms with van der Waals surface area (Å²) >= 11 is 0. The maximum absolute atomic E-state index is 10.7. The number of hydrogen-bond acceptors (Lipinski definition) is 1. The minimum atomic E-state index is -0.652. The molecule has 1 saturated carbocycles. The lowest BCUT2D eigenvalue weighted by atomic mass is 10.0. The van der Waals surface area contributed by atoms with Gasteiger partial charge >= 0.3 is 5.97 Å². The van der Waals surface area contributed by atoms with Gasteiger partial charge < -0.3 is 5.11 Å². The second-order valence-corrected chi connectivity index (χ2v) is 3.84. The van der Waals surface area contributed by atoms with E-state index in [-0.39, 0.29) is 11.8 Å². The monoisotopic (exact) mass is 190 g/mol. The third-order valence-corrected chi connectivity index (χ3v) is 2.94. The van der Waals surface area contributed by atoms with Crippen molar-refractivity contribution in [3.63, 3.8) is 0 Å². The Morgan fingerprint density at radius 2 is 2.21 bits per heavy atom. The van der Waals surface area contributed by atoms with Crippen molar-refractivity contribution in [3.05, 3.63) is 35.4 Å². The van der Waals surface area contributed by atoms with Crippen molar-refractivity contribution < 1.29 is 9.90 Å². The summed E-state index contributed by atoms with van der Waals surface area (Å²) in [5.74, 6) is -0.521. The van der Waals surface area contributed by atoms with E-state index in [9.17, 15) is 4.79 Å². The molecule has 1 fully saturated rings. The second kappa shape index (κ2) is 3.45. The van der Waals surface area contributed by atoms with Crippen LogP contribution < -0.4 is 0 Å². The second-order valence-electron chi connectivity index (χ2n) is 3.84. The summed E-state index contributed by atoms with van der Waals surface area (Å²) in [6, 6.07) is 8.16. The van der Waals surface area contributed by atoms with Crippen molar-refractivity contribution in [2.75, 3.05) is 0 Å². The highest BCUT2D eigenvalue weighted by Crippen LogP contribution is 2.48. The zero-order chi connectivity index (χ0) is 10.1. The summed E-state index contributed by atoms with van der Waals surface area (Å²) < 4.78 is 0. The van der Waals surface area contributed by atoms with Gasteiger partial charge in [0.1, 0.15) is 0 Å². The van der Waals surface area contributed by atoms with Crippen molar-refractivity contribution in [2.24, 2.45) is 5.92 Å². The molecule has 1 aliphatic rings. The zero-order valence-electron chi connectivity index (χ0n) is 8.23. The van der Waals surface area contributed by atoms with E-state index in [4.69, 9.17) is 5.11 Å². The number of carboxylic acids is 1. The fourth-order valence-corrected chi connectivity index (χ4v) is 2.03. The van der Waals surface area contributed by atoms with E-state index in [0.29, 0.717) is 0 Å². The summed E-state index contributed by atoms with van der Waals surface area (Å²) in [6.07, 6.45) is 1.80. The Kier molecular flexibility index (Phi) is 2.28. The lowest BCUT2D eigenvalue weighted by Gasteiger charge is -2.05. The van der Waals surface area contributed by atoms with Gasteiger partial charge in [0.15, 0.2) is 0 Å². The van der Waals surface area contributed by atoms with Gasteiger partial charge in [-0.2, -0.15) is 0 Å². The molecular weight excluding hydrogens is 176 g/mol. The van der Waals surface area contributed by atoms with Crippen LogP contribution in [0, 0.1) is 5.92 Å². The molecule has 2 nitrogen and oxygen atoms in total. The Morgan fingerprint density at radius 1 is 1.50 bits per heavy atom. The Morgan fingerprint density at radius 3 is 2.79 bits per heavy atom. The predicted octanol–water partition coefficient (Wildman–Crippen LogP) is 2.44. The normalized spacial score (nSPS) is 24.6. The molecule has 0 amide bonds. The lowest BCUT2D eigenvalue weighted by Crippen LogP contribution is -2.00. The molecule has 2 heteroatoms. The zero-order valence-corrected chi connectivity index (χ0v) is 8.23. The van der Waals surface area contributed by atoms with Crippen LogP contribution in [0.15, 0.2) is 24.3 Å². The van der Waals surface area contributed by atoms with E-state index in [1.807, 2.05) is 12.1 Å². The molecule has 0 saturated heterocycles. The fraction of sp³-hybridized carbons (Fsp3) is 0.417. The van der Waals surface area contributed by atoms with Crippen LogP contribution in [0.2, 0.25) is 0 Å². The van der Waals surface area contributed by atoms with Gasteiger partial charge in [0.2, 0.25) is 0 Å². The van der Waals surface area contributed by atoms with Crippen LogP contribution in [0.5, 0.6) is 0 Å². The molecule has 0 bridgehead atoms. The maximum Gasteiger partial charge on any atom is 0.307 e. The van der Waals surface area contributed by atoms with Crippen LogP contribution in [-0.2, 0) is 11.2 Å². The number of hydrogen-bond donors (Lipinski definition) is 1. The van der Waals surface area contributed by atoms with Gasteiger partial charge in [0.05, 0.1) is 5.92 Å². The van der Waals surface area contributed by atoms with Gasteiger partial charge in [0, 0.05) is 0 Å². The first kappa shape index (κ1) is 9.25. The van der Waals surface area contributed by atoms with Crippen LogP contribution in [0.1, 0.15) is 30.4 Å². The minimum absolute atomic E-state index is 0.136. The molecular formula is C12H14O2. The molecule has 0 heterocycles. The third-order valence-electron chi connectivity index (χ3n) is 2.94. The molecule has 0 unspecified atom stereocenters. The molecule has 14 heavy (non-hydrogen) atoms. The minimum Gasteiger partial charge on any atom is -0.481 e. The molecule has 0 radical (unpaired) electrons. The Balaban J connectivity index is 2.22. The van der Waals surface area contributed by atoms with E-state index in [1.54, 1.807) is 0 Å². The third kappa shape index (κ3) is 1.52. The summed E-state index contributed by atoms with van der Waals surface area (Å²) in [7, 11) is 0. The molecule has 1 N–H and O–H groups in total. The molecule has 2 atom stereocenters. The average molecular weight is 190 g/mol. The van der Waals surface area contributed by atoms with E-state index in [0.717, 1.165) is 12.8 Å². The van der Waals surface area contributed by atoms with E-state index in [2.05, 4.69) is 19.1 Å². The topological polar surface area (TPSA) is 37.3 Å². The number of benzene rings is 1. The Hall–Kier alpha value is -1.31. The lowest BCUT2D eigenvalue weighted by molar-refractivity contribution is -0.138. The number of carboxylic acid groups (broad SMARTS) is 1. The maximum atomic E-state index is 10.7. The number of aliphatic carboxylic acids is 1. The first-order valence-electron chi connectivity index (χ1n) is 5.04. The van der Waals surface area contributed by atoms with Crippen molar-refractivity contribution in [1.29, 1.82) is 0 Å². The van der Waals surface area contributed by atoms with E-state index in [1.165, 1.54) is 11.1 Å². The van der Waals surface area contributed by atoms with Crippen molar-refractivity contribution >= 4 is 5.97 Å². The quantitative estimate of drug-likeness (QED) is 0.794. The highest BCUT2D eigenvalue weighted by molar-refractivity contribution is 5.75. The molecule has 2 rings (SSSR count). The van der Waals surface area contributed by atoms with E-state index >= 15 is 0 Å². The van der Waals surface area contributed by atoms with Crippen molar-refractivity contribution in [1.82, 2.24) is 0 Å². The smallest absolute Gasteiger partial charge is 0.307 e. The summed E-state index contributed by atoms with van der Waals surface area (Å²) in [4.78, 5) is 10.7. The largest absolute Gasteiger partial charge is 0.481 e. The molecule has 1 aromatic rings. The highest BCUT2D eigenvalue weighted by Gasteiger charge is 2.44. The van der Waals surface area contributed by atoms with Gasteiger partial charge in [-0.25, -0.2) is 0 Å². The van der Waals surface area contributed by atoms with Crippen LogP contribution in [-0.4, -0.2) is 11.1 Å². The van der Waals surface area contributed by atoms with Crippen molar-refractivity contribution in [2.45, 2.75) is 25.7 Å². The first-order valence-corrected chi connectivity index (χ1v) is 5.04. The van der Waals surface area contributed by atoms with Gasteiger partial charge in [-0.15, -0.1) is 0 Å². The average Bonchev–Trinajstić information content (AvgIpc) is 2.97.